The molecular formula is C16H33N3O3. The third-order valence-corrected chi connectivity index (χ3v) is 4.86. The van der Waals surface area contributed by atoms with Gasteiger partial charge in [0.2, 0.25) is 11.8 Å². The third-order valence-electron chi connectivity index (χ3n) is 4.86. The topological polar surface area (TPSA) is 104 Å². The van der Waals surface area contributed by atoms with Crippen molar-refractivity contribution in [1.82, 2.24) is 10.6 Å². The van der Waals surface area contributed by atoms with Gasteiger partial charge in [0.05, 0.1) is 16.9 Å². The highest BCUT2D eigenvalue weighted by molar-refractivity contribution is 5.93. The number of hydrogen-bond donors (Lipinski definition) is 4. The highest BCUT2D eigenvalue weighted by Crippen LogP contribution is 2.45. The first-order valence-electron chi connectivity index (χ1n) is 8.14. The Balaban J connectivity index is 5.23. The Morgan fingerprint density at radius 2 is 1.55 bits per heavy atom. The molecule has 5 N–H and O–H groups in total. The smallest absolute Gasteiger partial charge is 0.227 e. The summed E-state index contributed by atoms with van der Waals surface area (Å²) in [6.07, 6.45) is 1.18. The molecule has 2 amide bonds. The van der Waals surface area contributed by atoms with Crippen LogP contribution in [0.15, 0.2) is 0 Å². The van der Waals surface area contributed by atoms with E-state index >= 15 is 0 Å². The van der Waals surface area contributed by atoms with Gasteiger partial charge in [-0.25, -0.2) is 0 Å². The van der Waals surface area contributed by atoms with E-state index in [1.165, 1.54) is 0 Å². The normalized spacial score (nSPS) is 18.0. The zero-order chi connectivity index (χ0) is 17.4. The largest absolute Gasteiger partial charge is 0.392 e. The van der Waals surface area contributed by atoms with Crippen molar-refractivity contribution in [2.75, 3.05) is 19.6 Å². The van der Waals surface area contributed by atoms with Crippen LogP contribution in [-0.4, -0.2) is 42.7 Å². The van der Waals surface area contributed by atoms with Crippen molar-refractivity contribution in [3.8, 4) is 0 Å². The third kappa shape index (κ3) is 4.68. The van der Waals surface area contributed by atoms with Gasteiger partial charge in [-0.3, -0.25) is 9.59 Å². The fraction of sp³-hybridized carbons (Fsp3) is 0.875. The Bertz CT molecular complexity index is 374. The molecule has 130 valence electrons. The number of hydrogen-bond acceptors (Lipinski definition) is 4. The Morgan fingerprint density at radius 1 is 1.09 bits per heavy atom. The van der Waals surface area contributed by atoms with Gasteiger partial charge in [0, 0.05) is 13.1 Å². The molecule has 0 spiro atoms. The van der Waals surface area contributed by atoms with Crippen molar-refractivity contribution in [3.63, 3.8) is 0 Å². The molecule has 0 radical (unpaired) electrons. The van der Waals surface area contributed by atoms with Crippen LogP contribution in [0.25, 0.3) is 0 Å². The summed E-state index contributed by atoms with van der Waals surface area (Å²) in [5.74, 6) is -0.325. The van der Waals surface area contributed by atoms with E-state index in [4.69, 9.17) is 5.73 Å². The molecule has 0 bridgehead atoms. The lowest BCUT2D eigenvalue weighted by Gasteiger charge is -2.43. The Hall–Kier alpha value is -1.14. The Labute approximate surface area is 134 Å². The lowest BCUT2D eigenvalue weighted by molar-refractivity contribution is -0.151. The summed E-state index contributed by atoms with van der Waals surface area (Å²) in [6.45, 7) is 10.3. The molecule has 0 aliphatic heterocycles. The zero-order valence-corrected chi connectivity index (χ0v) is 14.7. The molecular weight excluding hydrogens is 282 g/mol. The van der Waals surface area contributed by atoms with Gasteiger partial charge in [0.15, 0.2) is 0 Å². The average molecular weight is 315 g/mol. The van der Waals surface area contributed by atoms with E-state index in [0.717, 1.165) is 0 Å². The quantitative estimate of drug-likeness (QED) is 0.447. The van der Waals surface area contributed by atoms with Gasteiger partial charge >= 0.3 is 0 Å². The van der Waals surface area contributed by atoms with Gasteiger partial charge in [-0.05, 0) is 46.6 Å². The molecule has 0 saturated heterocycles. The summed E-state index contributed by atoms with van der Waals surface area (Å²) < 4.78 is 0. The number of nitrogens with two attached hydrogens (primary N) is 1. The van der Waals surface area contributed by atoms with Crippen LogP contribution in [0.4, 0.5) is 0 Å². The van der Waals surface area contributed by atoms with E-state index in [9.17, 15) is 14.7 Å². The molecule has 0 aliphatic rings. The van der Waals surface area contributed by atoms with Crippen LogP contribution >= 0.6 is 0 Å². The number of aliphatic hydroxyl groups excluding tert-OH is 1. The number of carbonyl (C=O) groups is 2. The minimum atomic E-state index is -0.844. The monoisotopic (exact) mass is 315 g/mol. The van der Waals surface area contributed by atoms with Gasteiger partial charge in [-0.2, -0.15) is 0 Å². The second-order valence-corrected chi connectivity index (χ2v) is 6.33. The van der Waals surface area contributed by atoms with Crippen LogP contribution in [0.1, 0.15) is 53.9 Å². The van der Waals surface area contributed by atoms with E-state index in [0.29, 0.717) is 32.4 Å². The van der Waals surface area contributed by atoms with Crippen molar-refractivity contribution in [2.45, 2.75) is 60.0 Å². The molecule has 0 fully saturated rings. The minimum absolute atomic E-state index is 0.125. The summed E-state index contributed by atoms with van der Waals surface area (Å²) in [5.41, 5.74) is 3.78. The molecule has 6 heteroatoms. The van der Waals surface area contributed by atoms with Crippen LogP contribution in [0, 0.1) is 10.8 Å². The molecule has 0 saturated carbocycles. The molecule has 0 aromatic rings. The molecule has 0 aliphatic carbocycles. The second kappa shape index (κ2) is 9.10. The highest BCUT2D eigenvalue weighted by atomic mass is 16.3. The first kappa shape index (κ1) is 20.9. The Kier molecular flexibility index (Phi) is 8.63. The second-order valence-electron chi connectivity index (χ2n) is 6.33. The summed E-state index contributed by atoms with van der Waals surface area (Å²) >= 11 is 0. The van der Waals surface area contributed by atoms with E-state index in [1.54, 1.807) is 6.92 Å². The molecule has 3 atom stereocenters. The average Bonchev–Trinajstić information content (AvgIpc) is 2.50. The van der Waals surface area contributed by atoms with Gasteiger partial charge < -0.3 is 21.5 Å². The number of aliphatic hydroxyl groups is 1. The van der Waals surface area contributed by atoms with Crippen molar-refractivity contribution >= 4 is 11.8 Å². The number of carbonyl (C=O) groups excluding carboxylic acids is 2. The first-order chi connectivity index (χ1) is 10.2. The number of amides is 2. The van der Waals surface area contributed by atoms with Crippen LogP contribution in [0.2, 0.25) is 0 Å². The van der Waals surface area contributed by atoms with Crippen molar-refractivity contribution in [2.24, 2.45) is 16.6 Å². The van der Waals surface area contributed by atoms with Crippen molar-refractivity contribution in [3.05, 3.63) is 0 Å². The van der Waals surface area contributed by atoms with Gasteiger partial charge in [0.1, 0.15) is 0 Å². The maximum absolute atomic E-state index is 12.6. The lowest BCUT2D eigenvalue weighted by atomic mass is 9.61. The summed E-state index contributed by atoms with van der Waals surface area (Å²) in [4.78, 5) is 25.3. The Morgan fingerprint density at radius 3 is 1.91 bits per heavy atom. The van der Waals surface area contributed by atoms with Crippen molar-refractivity contribution < 1.29 is 14.7 Å². The fourth-order valence-electron chi connectivity index (χ4n) is 2.54. The summed E-state index contributed by atoms with van der Waals surface area (Å²) in [5, 5.41) is 15.0. The van der Waals surface area contributed by atoms with E-state index < -0.39 is 16.9 Å². The number of nitrogens with one attached hydrogen (secondary N) is 2. The number of rotatable bonds is 10. The summed E-state index contributed by atoms with van der Waals surface area (Å²) in [6, 6.07) is 0. The van der Waals surface area contributed by atoms with E-state index in [1.807, 2.05) is 27.7 Å². The summed E-state index contributed by atoms with van der Waals surface area (Å²) in [7, 11) is 0. The van der Waals surface area contributed by atoms with E-state index in [2.05, 4.69) is 10.6 Å². The maximum atomic E-state index is 12.6. The standard InChI is InChI=1S/C16H33N3O3/c1-6-15(4,13(21)18-10-8-9-17)16(5,7-2)14(22)19-11-12(3)20/h12,20H,6-11,17H2,1-5H3,(H,18,21)(H,19,22). The highest BCUT2D eigenvalue weighted by Gasteiger charge is 2.52. The predicted octanol–water partition coefficient (Wildman–Crippen LogP) is 0.781. The van der Waals surface area contributed by atoms with Gasteiger partial charge in [-0.1, -0.05) is 13.8 Å². The molecule has 0 heterocycles. The van der Waals surface area contributed by atoms with Gasteiger partial charge in [-0.15, -0.1) is 0 Å². The van der Waals surface area contributed by atoms with Crippen LogP contribution in [0.5, 0.6) is 0 Å². The van der Waals surface area contributed by atoms with Crippen molar-refractivity contribution in [1.29, 1.82) is 0 Å². The van der Waals surface area contributed by atoms with Crippen LogP contribution in [0.3, 0.4) is 0 Å². The molecule has 6 nitrogen and oxygen atoms in total. The maximum Gasteiger partial charge on any atom is 0.227 e. The molecule has 3 unspecified atom stereocenters. The van der Waals surface area contributed by atoms with E-state index in [-0.39, 0.29) is 18.4 Å². The molecule has 0 aromatic carbocycles. The SMILES string of the molecule is CCC(C)(C(=O)NCCCN)C(C)(CC)C(=O)NCC(C)O. The molecule has 22 heavy (non-hydrogen) atoms. The zero-order valence-electron chi connectivity index (χ0n) is 14.7. The fourth-order valence-corrected chi connectivity index (χ4v) is 2.54. The molecule has 0 aromatic heterocycles. The predicted molar refractivity (Wildman–Crippen MR) is 88.2 cm³/mol. The lowest BCUT2D eigenvalue weighted by Crippen LogP contribution is -2.56. The minimum Gasteiger partial charge on any atom is -0.392 e. The van der Waals surface area contributed by atoms with Gasteiger partial charge in [0.25, 0.3) is 0 Å². The first-order valence-corrected chi connectivity index (χ1v) is 8.14. The van der Waals surface area contributed by atoms with Crippen LogP contribution < -0.4 is 16.4 Å². The molecule has 0 rings (SSSR count). The van der Waals surface area contributed by atoms with Crippen LogP contribution in [-0.2, 0) is 9.59 Å².